The number of aryl methyl sites for hydroxylation is 1. The molecule has 2 amide bonds. The van der Waals surface area contributed by atoms with Crippen LogP contribution in [-0.2, 0) is 14.3 Å². The first kappa shape index (κ1) is 21.0. The van der Waals surface area contributed by atoms with Crippen LogP contribution in [0.15, 0.2) is 48.5 Å². The molecule has 1 unspecified atom stereocenters. The zero-order valence-electron chi connectivity index (χ0n) is 16.7. The van der Waals surface area contributed by atoms with Crippen molar-refractivity contribution in [3.63, 3.8) is 0 Å². The van der Waals surface area contributed by atoms with Gasteiger partial charge in [0.1, 0.15) is 5.75 Å². The summed E-state index contributed by atoms with van der Waals surface area (Å²) in [5.74, 6) is -2.10. The van der Waals surface area contributed by atoms with Crippen molar-refractivity contribution in [3.05, 3.63) is 65.2 Å². The number of rotatable bonds is 7. The van der Waals surface area contributed by atoms with Gasteiger partial charge in [0.2, 0.25) is 5.91 Å². The maximum atomic E-state index is 12.3. The van der Waals surface area contributed by atoms with E-state index in [0.717, 1.165) is 10.6 Å². The fourth-order valence-electron chi connectivity index (χ4n) is 3.00. The summed E-state index contributed by atoms with van der Waals surface area (Å²) in [6.07, 6.45) is -0.0969. The van der Waals surface area contributed by atoms with Gasteiger partial charge in [0.15, 0.2) is 12.4 Å². The number of nitrogens with one attached hydrogen (secondary N) is 1. The number of ketones is 1. The van der Waals surface area contributed by atoms with Gasteiger partial charge in [-0.3, -0.25) is 29.6 Å². The molecule has 8 heteroatoms. The van der Waals surface area contributed by atoms with Crippen LogP contribution in [0.4, 0.5) is 0 Å². The number of carbonyl (C=O) groups excluding carboxylic acids is 4. The molecule has 1 saturated heterocycles. The highest BCUT2D eigenvalue weighted by Gasteiger charge is 2.36. The minimum Gasteiger partial charge on any atom is -0.497 e. The van der Waals surface area contributed by atoms with Gasteiger partial charge in [-0.05, 0) is 31.2 Å². The minimum atomic E-state index is -0.756. The molecule has 1 aliphatic heterocycles. The van der Waals surface area contributed by atoms with E-state index in [4.69, 9.17) is 9.47 Å². The molecule has 1 atom stereocenters. The zero-order valence-corrected chi connectivity index (χ0v) is 16.7. The first-order valence-corrected chi connectivity index (χ1v) is 9.39. The van der Waals surface area contributed by atoms with Crippen molar-refractivity contribution in [3.8, 4) is 5.75 Å². The number of ether oxygens (including phenoxy) is 2. The predicted molar refractivity (Wildman–Crippen MR) is 107 cm³/mol. The summed E-state index contributed by atoms with van der Waals surface area (Å²) >= 11 is 0. The molecule has 0 aromatic heterocycles. The van der Waals surface area contributed by atoms with E-state index in [1.54, 1.807) is 48.5 Å². The van der Waals surface area contributed by atoms with Crippen LogP contribution in [0.2, 0.25) is 0 Å². The molecule has 2 aromatic carbocycles. The van der Waals surface area contributed by atoms with E-state index in [0.29, 0.717) is 16.9 Å². The average molecular weight is 410 g/mol. The standard InChI is InChI=1S/C22H22N2O6/c1-14-6-8-15(9-7-14)21(27)23-24-12-17(11-20(24)26)22(28)30-13-19(25)16-4-3-5-18(10-16)29-2/h3-10,17H,11-13H2,1-2H3,(H,23,27). The molecule has 0 spiro atoms. The second kappa shape index (κ2) is 9.21. The molecule has 1 heterocycles. The van der Waals surface area contributed by atoms with Crippen molar-refractivity contribution in [2.45, 2.75) is 13.3 Å². The summed E-state index contributed by atoms with van der Waals surface area (Å²) in [4.78, 5) is 49.0. The first-order chi connectivity index (χ1) is 14.4. The summed E-state index contributed by atoms with van der Waals surface area (Å²) in [7, 11) is 1.49. The van der Waals surface area contributed by atoms with Crippen LogP contribution in [0.3, 0.4) is 0 Å². The number of hydrogen-bond donors (Lipinski definition) is 1. The van der Waals surface area contributed by atoms with Crippen LogP contribution in [0, 0.1) is 12.8 Å². The monoisotopic (exact) mass is 410 g/mol. The van der Waals surface area contributed by atoms with Crippen LogP contribution < -0.4 is 10.2 Å². The topological polar surface area (TPSA) is 102 Å². The van der Waals surface area contributed by atoms with E-state index in [2.05, 4.69) is 5.43 Å². The van der Waals surface area contributed by atoms with Crippen LogP contribution in [0.1, 0.15) is 32.7 Å². The number of benzene rings is 2. The number of methoxy groups -OCH3 is 1. The van der Waals surface area contributed by atoms with Crippen molar-refractivity contribution in [1.29, 1.82) is 0 Å². The van der Waals surface area contributed by atoms with Crippen molar-refractivity contribution < 1.29 is 28.7 Å². The molecule has 0 aliphatic carbocycles. The van der Waals surface area contributed by atoms with Crippen LogP contribution >= 0.6 is 0 Å². The Kier molecular flexibility index (Phi) is 6.46. The van der Waals surface area contributed by atoms with Gasteiger partial charge < -0.3 is 9.47 Å². The third-order valence-electron chi connectivity index (χ3n) is 4.75. The van der Waals surface area contributed by atoms with Crippen LogP contribution in [0.25, 0.3) is 0 Å². The molecule has 3 rings (SSSR count). The van der Waals surface area contributed by atoms with E-state index in [-0.39, 0.29) is 18.7 Å². The summed E-state index contributed by atoms with van der Waals surface area (Å²) in [6.45, 7) is 1.45. The van der Waals surface area contributed by atoms with E-state index in [1.807, 2.05) is 6.92 Å². The van der Waals surface area contributed by atoms with Crippen molar-refractivity contribution >= 4 is 23.6 Å². The summed E-state index contributed by atoms with van der Waals surface area (Å²) in [5, 5.41) is 1.11. The molecule has 0 saturated carbocycles. The smallest absolute Gasteiger partial charge is 0.311 e. The van der Waals surface area contributed by atoms with Gasteiger partial charge in [-0.1, -0.05) is 29.8 Å². The van der Waals surface area contributed by atoms with Gasteiger partial charge in [-0.25, -0.2) is 0 Å². The number of nitrogens with zero attached hydrogens (tertiary/aromatic N) is 1. The lowest BCUT2D eigenvalue weighted by Crippen LogP contribution is -2.43. The summed E-state index contributed by atoms with van der Waals surface area (Å²) in [6, 6.07) is 13.4. The van der Waals surface area contributed by atoms with Gasteiger partial charge in [0.05, 0.1) is 19.6 Å². The zero-order chi connectivity index (χ0) is 21.7. The number of carbonyl (C=O) groups is 4. The Morgan fingerprint density at radius 3 is 2.53 bits per heavy atom. The third-order valence-corrected chi connectivity index (χ3v) is 4.75. The maximum absolute atomic E-state index is 12.3. The number of esters is 1. The molecule has 2 aromatic rings. The fourth-order valence-corrected chi connectivity index (χ4v) is 3.00. The molecule has 1 aliphatic rings. The van der Waals surface area contributed by atoms with Crippen LogP contribution in [-0.4, -0.2) is 48.8 Å². The van der Waals surface area contributed by atoms with Crippen molar-refractivity contribution in [1.82, 2.24) is 10.4 Å². The number of hydrazine groups is 1. The molecule has 156 valence electrons. The Morgan fingerprint density at radius 2 is 1.83 bits per heavy atom. The highest BCUT2D eigenvalue weighted by atomic mass is 16.5. The third kappa shape index (κ3) is 5.02. The summed E-state index contributed by atoms with van der Waals surface area (Å²) < 4.78 is 10.2. The normalized spacial score (nSPS) is 15.6. The van der Waals surface area contributed by atoms with E-state index in [1.165, 1.54) is 7.11 Å². The van der Waals surface area contributed by atoms with Crippen molar-refractivity contribution in [2.75, 3.05) is 20.3 Å². The lowest BCUT2D eigenvalue weighted by Gasteiger charge is -2.17. The average Bonchev–Trinajstić information content (AvgIpc) is 3.12. The van der Waals surface area contributed by atoms with Gasteiger partial charge in [-0.2, -0.15) is 0 Å². The van der Waals surface area contributed by atoms with E-state index < -0.39 is 30.3 Å². The fraction of sp³-hybridized carbons (Fsp3) is 0.273. The van der Waals surface area contributed by atoms with Crippen LogP contribution in [0.5, 0.6) is 5.75 Å². The molecule has 1 N–H and O–H groups in total. The Morgan fingerprint density at radius 1 is 1.10 bits per heavy atom. The summed E-state index contributed by atoms with van der Waals surface area (Å²) in [5.41, 5.74) is 4.28. The molecule has 1 fully saturated rings. The highest BCUT2D eigenvalue weighted by Crippen LogP contribution is 2.19. The first-order valence-electron chi connectivity index (χ1n) is 9.39. The second-order valence-electron chi connectivity index (χ2n) is 6.98. The number of hydrogen-bond acceptors (Lipinski definition) is 6. The molecular weight excluding hydrogens is 388 g/mol. The molecule has 0 radical (unpaired) electrons. The second-order valence-corrected chi connectivity index (χ2v) is 6.98. The Balaban J connectivity index is 1.52. The van der Waals surface area contributed by atoms with Gasteiger partial charge >= 0.3 is 5.97 Å². The highest BCUT2D eigenvalue weighted by molar-refractivity contribution is 5.99. The Hall–Kier alpha value is -3.68. The SMILES string of the molecule is COc1cccc(C(=O)COC(=O)C2CC(=O)N(NC(=O)c3ccc(C)cc3)C2)c1. The number of amides is 2. The van der Waals surface area contributed by atoms with Gasteiger partial charge in [-0.15, -0.1) is 0 Å². The van der Waals surface area contributed by atoms with E-state index in [9.17, 15) is 19.2 Å². The lowest BCUT2D eigenvalue weighted by atomic mass is 10.1. The number of Topliss-reactive ketones (excluding diaryl/α,β-unsaturated/α-hetero) is 1. The van der Waals surface area contributed by atoms with Gasteiger partial charge in [0.25, 0.3) is 5.91 Å². The van der Waals surface area contributed by atoms with E-state index >= 15 is 0 Å². The largest absolute Gasteiger partial charge is 0.497 e. The molecule has 0 bridgehead atoms. The predicted octanol–water partition coefficient (Wildman–Crippen LogP) is 1.92. The molecule has 8 nitrogen and oxygen atoms in total. The maximum Gasteiger partial charge on any atom is 0.311 e. The lowest BCUT2D eigenvalue weighted by molar-refractivity contribution is -0.147. The van der Waals surface area contributed by atoms with Gasteiger partial charge in [0, 0.05) is 17.5 Å². The Bertz CT molecular complexity index is 970. The molecular formula is C22H22N2O6. The van der Waals surface area contributed by atoms with Crippen molar-refractivity contribution in [2.24, 2.45) is 5.92 Å². The minimum absolute atomic E-state index is 0.0113. The Labute approximate surface area is 173 Å². The quantitative estimate of drug-likeness (QED) is 0.553. The molecule has 30 heavy (non-hydrogen) atoms.